The van der Waals surface area contributed by atoms with Crippen LogP contribution in [0.25, 0.3) is 0 Å². The molecule has 2 aromatic rings. The first-order chi connectivity index (χ1) is 9.60. The molecule has 2 rings (SSSR count). The largest absolute Gasteiger partial charge is 0.507 e. The summed E-state index contributed by atoms with van der Waals surface area (Å²) in [6, 6.07) is 12.4. The van der Waals surface area contributed by atoms with E-state index in [-0.39, 0.29) is 17.2 Å². The number of rotatable bonds is 4. The maximum Gasteiger partial charge on any atom is 0.255 e. The summed E-state index contributed by atoms with van der Waals surface area (Å²) in [6.45, 7) is 0.397. The lowest BCUT2D eigenvalue weighted by Crippen LogP contribution is -2.22. The van der Waals surface area contributed by atoms with Crippen molar-refractivity contribution in [3.8, 4) is 11.5 Å². The number of nitrogens with one attached hydrogen (secondary N) is 1. The van der Waals surface area contributed by atoms with Crippen molar-refractivity contribution in [1.82, 2.24) is 5.32 Å². The van der Waals surface area contributed by atoms with Crippen LogP contribution in [-0.4, -0.2) is 18.1 Å². The zero-order chi connectivity index (χ0) is 14.5. The Kier molecular flexibility index (Phi) is 4.84. The lowest BCUT2D eigenvalue weighted by molar-refractivity contribution is 0.0948. The Morgan fingerprint density at radius 1 is 1.25 bits per heavy atom. The van der Waals surface area contributed by atoms with E-state index in [1.807, 2.05) is 24.3 Å². The number of hydrogen-bond donors (Lipinski definition) is 2. The third kappa shape index (κ3) is 3.63. The topological polar surface area (TPSA) is 58.6 Å². The van der Waals surface area contributed by atoms with Crippen molar-refractivity contribution in [2.45, 2.75) is 6.54 Å². The van der Waals surface area contributed by atoms with E-state index in [1.165, 1.54) is 6.07 Å². The smallest absolute Gasteiger partial charge is 0.255 e. The van der Waals surface area contributed by atoms with Crippen LogP contribution >= 0.6 is 22.6 Å². The maximum atomic E-state index is 12.0. The number of halogens is 1. The molecule has 104 valence electrons. The molecule has 4 nitrogen and oxygen atoms in total. The standard InChI is InChI=1S/C15H14INO3/c1-20-12-5-2-10(3-6-12)9-17-15(19)13-8-11(16)4-7-14(13)18/h2-8,18H,9H2,1H3,(H,17,19). The fourth-order valence-corrected chi connectivity index (χ4v) is 2.20. The molecule has 5 heteroatoms. The van der Waals surface area contributed by atoms with Gasteiger partial charge in [0, 0.05) is 10.1 Å². The van der Waals surface area contributed by atoms with Crippen LogP contribution in [0.2, 0.25) is 0 Å². The van der Waals surface area contributed by atoms with E-state index in [0.29, 0.717) is 6.54 Å². The molecule has 0 aromatic heterocycles. The molecule has 20 heavy (non-hydrogen) atoms. The zero-order valence-electron chi connectivity index (χ0n) is 10.9. The van der Waals surface area contributed by atoms with Crippen LogP contribution in [0.1, 0.15) is 15.9 Å². The Labute approximate surface area is 130 Å². The molecule has 0 aliphatic carbocycles. The summed E-state index contributed by atoms with van der Waals surface area (Å²) in [7, 11) is 1.61. The number of phenolic OH excluding ortho intramolecular Hbond substituents is 1. The van der Waals surface area contributed by atoms with Crippen LogP contribution in [-0.2, 0) is 6.54 Å². The van der Waals surface area contributed by atoms with E-state index in [0.717, 1.165) is 14.9 Å². The highest BCUT2D eigenvalue weighted by atomic mass is 127. The quantitative estimate of drug-likeness (QED) is 0.799. The Bertz CT molecular complexity index is 611. The second-order valence-corrected chi connectivity index (χ2v) is 5.44. The molecule has 0 aliphatic rings. The molecule has 2 aromatic carbocycles. The molecule has 0 radical (unpaired) electrons. The minimum absolute atomic E-state index is 0.0161. The van der Waals surface area contributed by atoms with Crippen molar-refractivity contribution in [2.24, 2.45) is 0 Å². The summed E-state index contributed by atoms with van der Waals surface area (Å²) >= 11 is 2.10. The molecule has 0 heterocycles. The Hall–Kier alpha value is -1.76. The summed E-state index contributed by atoms with van der Waals surface area (Å²) in [4.78, 5) is 12.0. The number of amides is 1. The van der Waals surface area contributed by atoms with Crippen molar-refractivity contribution < 1.29 is 14.6 Å². The van der Waals surface area contributed by atoms with Gasteiger partial charge >= 0.3 is 0 Å². The highest BCUT2D eigenvalue weighted by Gasteiger charge is 2.11. The van der Waals surface area contributed by atoms with Crippen LogP contribution < -0.4 is 10.1 Å². The second-order valence-electron chi connectivity index (χ2n) is 4.19. The molecule has 1 amide bonds. The summed E-state index contributed by atoms with van der Waals surface area (Å²) in [5.41, 5.74) is 1.25. The summed E-state index contributed by atoms with van der Waals surface area (Å²) in [5.74, 6) is 0.463. The minimum atomic E-state index is -0.295. The number of hydrogen-bond acceptors (Lipinski definition) is 3. The van der Waals surface area contributed by atoms with E-state index in [4.69, 9.17) is 4.74 Å². The first-order valence-electron chi connectivity index (χ1n) is 6.00. The molecular formula is C15H14INO3. The number of benzene rings is 2. The van der Waals surface area contributed by atoms with Gasteiger partial charge in [0.2, 0.25) is 0 Å². The van der Waals surface area contributed by atoms with Crippen LogP contribution in [0.3, 0.4) is 0 Å². The number of carbonyl (C=O) groups is 1. The predicted molar refractivity (Wildman–Crippen MR) is 85.0 cm³/mol. The van der Waals surface area contributed by atoms with Crippen LogP contribution in [0.15, 0.2) is 42.5 Å². The number of phenols is 1. The van der Waals surface area contributed by atoms with Gasteiger partial charge in [0.25, 0.3) is 5.91 Å². The maximum absolute atomic E-state index is 12.0. The number of methoxy groups -OCH3 is 1. The van der Waals surface area contributed by atoms with E-state index >= 15 is 0 Å². The minimum Gasteiger partial charge on any atom is -0.507 e. The highest BCUT2D eigenvalue weighted by Crippen LogP contribution is 2.19. The lowest BCUT2D eigenvalue weighted by atomic mass is 10.1. The Morgan fingerprint density at radius 2 is 1.95 bits per heavy atom. The Balaban J connectivity index is 2.02. The van der Waals surface area contributed by atoms with Gasteiger partial charge in [-0.3, -0.25) is 4.79 Å². The fourth-order valence-electron chi connectivity index (χ4n) is 1.71. The molecular weight excluding hydrogens is 369 g/mol. The van der Waals surface area contributed by atoms with Crippen molar-refractivity contribution >= 4 is 28.5 Å². The number of ether oxygens (including phenoxy) is 1. The van der Waals surface area contributed by atoms with E-state index in [1.54, 1.807) is 19.2 Å². The van der Waals surface area contributed by atoms with Gasteiger partial charge < -0.3 is 15.2 Å². The van der Waals surface area contributed by atoms with Crippen LogP contribution in [0.4, 0.5) is 0 Å². The van der Waals surface area contributed by atoms with Gasteiger partial charge in [-0.25, -0.2) is 0 Å². The third-order valence-electron chi connectivity index (χ3n) is 2.82. The Morgan fingerprint density at radius 3 is 2.60 bits per heavy atom. The lowest BCUT2D eigenvalue weighted by Gasteiger charge is -2.08. The van der Waals surface area contributed by atoms with Crippen molar-refractivity contribution in [1.29, 1.82) is 0 Å². The summed E-state index contributed by atoms with van der Waals surface area (Å²) < 4.78 is 5.97. The SMILES string of the molecule is COc1ccc(CNC(=O)c2cc(I)ccc2O)cc1. The monoisotopic (exact) mass is 383 g/mol. The molecule has 0 saturated carbocycles. The first kappa shape index (κ1) is 14.6. The molecule has 0 bridgehead atoms. The normalized spacial score (nSPS) is 10.1. The van der Waals surface area contributed by atoms with E-state index < -0.39 is 0 Å². The van der Waals surface area contributed by atoms with Gasteiger partial charge in [0.1, 0.15) is 11.5 Å². The molecule has 0 aliphatic heterocycles. The van der Waals surface area contributed by atoms with Crippen molar-refractivity contribution in [2.75, 3.05) is 7.11 Å². The van der Waals surface area contributed by atoms with Gasteiger partial charge in [-0.05, 0) is 58.5 Å². The number of aromatic hydroxyl groups is 1. The molecule has 2 N–H and O–H groups in total. The van der Waals surface area contributed by atoms with Gasteiger partial charge in [0.15, 0.2) is 0 Å². The van der Waals surface area contributed by atoms with E-state index in [9.17, 15) is 9.90 Å². The zero-order valence-corrected chi connectivity index (χ0v) is 13.0. The molecule has 0 fully saturated rings. The van der Waals surface area contributed by atoms with Gasteiger partial charge in [-0.15, -0.1) is 0 Å². The summed E-state index contributed by atoms with van der Waals surface area (Å²) in [6.07, 6.45) is 0. The fraction of sp³-hybridized carbons (Fsp3) is 0.133. The summed E-state index contributed by atoms with van der Waals surface area (Å²) in [5, 5.41) is 12.5. The average molecular weight is 383 g/mol. The van der Waals surface area contributed by atoms with E-state index in [2.05, 4.69) is 27.9 Å². The first-order valence-corrected chi connectivity index (χ1v) is 7.07. The molecule has 0 atom stereocenters. The number of carbonyl (C=O) groups excluding carboxylic acids is 1. The highest BCUT2D eigenvalue weighted by molar-refractivity contribution is 14.1. The van der Waals surface area contributed by atoms with Crippen LogP contribution in [0, 0.1) is 3.57 Å². The van der Waals surface area contributed by atoms with Crippen molar-refractivity contribution in [3.05, 3.63) is 57.2 Å². The average Bonchev–Trinajstić information content (AvgIpc) is 2.47. The van der Waals surface area contributed by atoms with Gasteiger partial charge in [-0.1, -0.05) is 12.1 Å². The van der Waals surface area contributed by atoms with Gasteiger partial charge in [-0.2, -0.15) is 0 Å². The molecule has 0 spiro atoms. The predicted octanol–water partition coefficient (Wildman–Crippen LogP) is 2.94. The third-order valence-corrected chi connectivity index (χ3v) is 3.49. The molecule has 0 saturated heterocycles. The van der Waals surface area contributed by atoms with Crippen LogP contribution in [0.5, 0.6) is 11.5 Å². The van der Waals surface area contributed by atoms with Gasteiger partial charge in [0.05, 0.1) is 12.7 Å². The molecule has 0 unspecified atom stereocenters. The van der Waals surface area contributed by atoms with Crippen molar-refractivity contribution in [3.63, 3.8) is 0 Å². The second kappa shape index (κ2) is 6.60.